The van der Waals surface area contributed by atoms with E-state index in [1.165, 1.54) is 24.0 Å². The molecule has 0 spiro atoms. The minimum absolute atomic E-state index is 0.714. The Hall–Kier alpha value is -0.860. The summed E-state index contributed by atoms with van der Waals surface area (Å²) in [6.07, 6.45) is 2.71. The predicted octanol–water partition coefficient (Wildman–Crippen LogP) is 2.61. The fourth-order valence-corrected chi connectivity index (χ4v) is 1.72. The monoisotopic (exact) mass is 191 g/mol. The Balaban J connectivity index is 2.00. The summed E-state index contributed by atoms with van der Waals surface area (Å²) in [4.78, 5) is 5.14. The highest BCUT2D eigenvalue weighted by Gasteiger charge is 2.25. The van der Waals surface area contributed by atoms with Crippen LogP contribution in [0.1, 0.15) is 36.8 Å². The zero-order valence-electron chi connectivity index (χ0n) is 8.62. The van der Waals surface area contributed by atoms with Crippen molar-refractivity contribution < 1.29 is 4.84 Å². The first kappa shape index (κ1) is 9.69. The molecule has 2 heteroatoms. The summed E-state index contributed by atoms with van der Waals surface area (Å²) in [5.41, 5.74) is 5.85. The molecule has 1 fully saturated rings. The molecular weight excluding hydrogens is 174 g/mol. The lowest BCUT2D eigenvalue weighted by Crippen LogP contribution is -2.14. The maximum Gasteiger partial charge on any atom is 0.0654 e. The number of benzene rings is 1. The van der Waals surface area contributed by atoms with Gasteiger partial charge in [0, 0.05) is 6.54 Å². The fourth-order valence-electron chi connectivity index (χ4n) is 1.72. The number of hydroxylamine groups is 1. The van der Waals surface area contributed by atoms with Gasteiger partial charge in [-0.25, -0.2) is 0 Å². The number of hydrogen-bond donors (Lipinski definition) is 1. The highest BCUT2D eigenvalue weighted by Crippen LogP contribution is 2.41. The third kappa shape index (κ3) is 2.34. The van der Waals surface area contributed by atoms with Gasteiger partial charge in [0.2, 0.25) is 0 Å². The van der Waals surface area contributed by atoms with Crippen molar-refractivity contribution in [2.24, 2.45) is 0 Å². The molecular formula is C12H17NO. The second-order valence-corrected chi connectivity index (χ2v) is 3.73. The van der Waals surface area contributed by atoms with E-state index in [1.54, 1.807) is 0 Å². The molecule has 1 saturated carbocycles. The Labute approximate surface area is 85.2 Å². The van der Waals surface area contributed by atoms with Crippen LogP contribution in [0.3, 0.4) is 0 Å². The van der Waals surface area contributed by atoms with E-state index in [9.17, 15) is 0 Å². The van der Waals surface area contributed by atoms with Gasteiger partial charge >= 0.3 is 0 Å². The van der Waals surface area contributed by atoms with Gasteiger partial charge in [-0.15, -0.1) is 0 Å². The third-order valence-corrected chi connectivity index (χ3v) is 2.58. The van der Waals surface area contributed by atoms with E-state index in [2.05, 4.69) is 29.7 Å². The Morgan fingerprint density at radius 2 is 2.14 bits per heavy atom. The lowest BCUT2D eigenvalue weighted by Gasteiger charge is -2.08. The number of hydrogen-bond acceptors (Lipinski definition) is 2. The van der Waals surface area contributed by atoms with E-state index in [-0.39, 0.29) is 0 Å². The minimum atomic E-state index is 0.714. The average Bonchev–Trinajstić information content (AvgIpc) is 3.03. The van der Waals surface area contributed by atoms with Crippen LogP contribution in [0.4, 0.5) is 0 Å². The predicted molar refractivity (Wildman–Crippen MR) is 56.9 cm³/mol. The Bertz CT molecular complexity index is 294. The van der Waals surface area contributed by atoms with Gasteiger partial charge in [0.25, 0.3) is 0 Å². The van der Waals surface area contributed by atoms with Crippen LogP contribution in [0, 0.1) is 0 Å². The molecule has 0 aliphatic heterocycles. The van der Waals surface area contributed by atoms with E-state index >= 15 is 0 Å². The van der Waals surface area contributed by atoms with Crippen LogP contribution in [0.5, 0.6) is 0 Å². The summed E-state index contributed by atoms with van der Waals surface area (Å²) >= 11 is 0. The minimum Gasteiger partial charge on any atom is -0.302 e. The molecule has 0 radical (unpaired) electrons. The van der Waals surface area contributed by atoms with Crippen molar-refractivity contribution in [1.29, 1.82) is 0 Å². The summed E-state index contributed by atoms with van der Waals surface area (Å²) in [6, 6.07) is 8.63. The molecule has 2 nitrogen and oxygen atoms in total. The van der Waals surface area contributed by atoms with Gasteiger partial charge in [0.05, 0.1) is 6.61 Å². The lowest BCUT2D eigenvalue weighted by molar-refractivity contribution is 0.0462. The Morgan fingerprint density at radius 1 is 1.36 bits per heavy atom. The van der Waals surface area contributed by atoms with E-state index in [0.717, 1.165) is 12.5 Å². The molecule has 0 saturated heterocycles. The second kappa shape index (κ2) is 4.58. The van der Waals surface area contributed by atoms with Crippen LogP contribution >= 0.6 is 0 Å². The highest BCUT2D eigenvalue weighted by atomic mass is 16.6. The molecule has 14 heavy (non-hydrogen) atoms. The molecule has 2 rings (SSSR count). The molecule has 0 aromatic heterocycles. The lowest BCUT2D eigenvalue weighted by atomic mass is 10.0. The fraction of sp³-hybridized carbons (Fsp3) is 0.500. The first-order valence-corrected chi connectivity index (χ1v) is 5.34. The van der Waals surface area contributed by atoms with Crippen molar-refractivity contribution in [3.63, 3.8) is 0 Å². The van der Waals surface area contributed by atoms with E-state index in [4.69, 9.17) is 4.84 Å². The van der Waals surface area contributed by atoms with Crippen LogP contribution in [0.2, 0.25) is 0 Å². The van der Waals surface area contributed by atoms with E-state index in [0.29, 0.717) is 6.61 Å². The van der Waals surface area contributed by atoms with Crippen LogP contribution in [0.15, 0.2) is 24.3 Å². The van der Waals surface area contributed by atoms with Crippen LogP contribution in [-0.4, -0.2) is 6.61 Å². The molecule has 0 unspecified atom stereocenters. The van der Waals surface area contributed by atoms with Crippen molar-refractivity contribution in [3.05, 3.63) is 35.4 Å². The van der Waals surface area contributed by atoms with Gasteiger partial charge in [-0.05, 0) is 36.8 Å². The third-order valence-electron chi connectivity index (χ3n) is 2.58. The first-order valence-electron chi connectivity index (χ1n) is 5.34. The molecule has 0 atom stereocenters. The first-order chi connectivity index (χ1) is 6.92. The maximum atomic E-state index is 5.14. The van der Waals surface area contributed by atoms with Crippen molar-refractivity contribution in [2.75, 3.05) is 6.61 Å². The molecule has 0 heterocycles. The summed E-state index contributed by atoms with van der Waals surface area (Å²) < 4.78 is 0. The van der Waals surface area contributed by atoms with Gasteiger partial charge in [-0.2, -0.15) is 5.48 Å². The second-order valence-electron chi connectivity index (χ2n) is 3.73. The zero-order valence-corrected chi connectivity index (χ0v) is 8.62. The van der Waals surface area contributed by atoms with Gasteiger partial charge in [0.1, 0.15) is 0 Å². The summed E-state index contributed by atoms with van der Waals surface area (Å²) in [5, 5.41) is 0. The summed E-state index contributed by atoms with van der Waals surface area (Å²) in [5.74, 6) is 0.814. The Morgan fingerprint density at radius 3 is 2.86 bits per heavy atom. The largest absolute Gasteiger partial charge is 0.302 e. The van der Waals surface area contributed by atoms with Crippen molar-refractivity contribution in [1.82, 2.24) is 5.48 Å². The molecule has 1 aromatic rings. The summed E-state index contributed by atoms with van der Waals surface area (Å²) in [7, 11) is 0. The number of rotatable bonds is 5. The van der Waals surface area contributed by atoms with Gasteiger partial charge in [0.15, 0.2) is 0 Å². The van der Waals surface area contributed by atoms with Crippen LogP contribution in [0.25, 0.3) is 0 Å². The normalized spacial score (nSPS) is 15.8. The van der Waals surface area contributed by atoms with Gasteiger partial charge in [-0.3, -0.25) is 0 Å². The smallest absolute Gasteiger partial charge is 0.0654 e. The van der Waals surface area contributed by atoms with E-state index < -0.39 is 0 Å². The van der Waals surface area contributed by atoms with Crippen LogP contribution < -0.4 is 5.48 Å². The molecule has 1 aromatic carbocycles. The van der Waals surface area contributed by atoms with Crippen molar-refractivity contribution in [2.45, 2.75) is 32.2 Å². The van der Waals surface area contributed by atoms with Crippen LogP contribution in [-0.2, 0) is 11.4 Å². The quantitative estimate of drug-likeness (QED) is 0.570. The van der Waals surface area contributed by atoms with Crippen molar-refractivity contribution >= 4 is 0 Å². The topological polar surface area (TPSA) is 21.3 Å². The molecule has 1 aliphatic rings. The molecule has 1 N–H and O–H groups in total. The van der Waals surface area contributed by atoms with Crippen molar-refractivity contribution in [3.8, 4) is 0 Å². The number of nitrogens with one attached hydrogen (secondary N) is 1. The zero-order chi connectivity index (χ0) is 9.80. The summed E-state index contributed by atoms with van der Waals surface area (Å²) in [6.45, 7) is 3.52. The standard InChI is InChI=1S/C12H17NO/c1-2-14-13-9-11-5-3-4-6-12(11)10-7-8-10/h3-6,10,13H,2,7-9H2,1H3. The van der Waals surface area contributed by atoms with Gasteiger partial charge in [-0.1, -0.05) is 24.3 Å². The van der Waals surface area contributed by atoms with E-state index in [1.807, 2.05) is 6.92 Å². The molecule has 0 bridgehead atoms. The molecule has 0 amide bonds. The average molecular weight is 191 g/mol. The highest BCUT2D eigenvalue weighted by molar-refractivity contribution is 5.32. The van der Waals surface area contributed by atoms with Gasteiger partial charge < -0.3 is 4.84 Å². The molecule has 1 aliphatic carbocycles. The maximum absolute atomic E-state index is 5.14. The Kier molecular flexibility index (Phi) is 3.17. The SMILES string of the molecule is CCONCc1ccccc1C1CC1. The molecule has 76 valence electrons.